The molecule has 10 heteroatoms. The van der Waals surface area contributed by atoms with Gasteiger partial charge in [-0.1, -0.05) is 6.07 Å². The number of anilines is 1. The molecular formula is C24H25N7O2S. The topological polar surface area (TPSA) is 125 Å². The molecule has 1 aliphatic carbocycles. The third-order valence-corrected chi connectivity index (χ3v) is 6.79. The van der Waals surface area contributed by atoms with Crippen LogP contribution in [-0.4, -0.2) is 43.2 Å². The zero-order valence-corrected chi connectivity index (χ0v) is 19.3. The minimum absolute atomic E-state index is 0.291. The van der Waals surface area contributed by atoms with Crippen molar-refractivity contribution in [2.24, 2.45) is 0 Å². The van der Waals surface area contributed by atoms with E-state index in [0.717, 1.165) is 55.4 Å². The summed E-state index contributed by atoms with van der Waals surface area (Å²) in [4.78, 5) is 40.0. The lowest BCUT2D eigenvalue weighted by Crippen LogP contribution is -2.37. The van der Waals surface area contributed by atoms with Crippen LogP contribution in [0.15, 0.2) is 53.8 Å². The molecule has 0 radical (unpaired) electrons. The molecule has 2 aliphatic rings. The van der Waals surface area contributed by atoms with Gasteiger partial charge in [0.25, 0.3) is 11.1 Å². The minimum Gasteiger partial charge on any atom is -0.360 e. The summed E-state index contributed by atoms with van der Waals surface area (Å²) < 4.78 is 0. The lowest BCUT2D eigenvalue weighted by atomic mass is 9.91. The number of amides is 2. The fourth-order valence-corrected chi connectivity index (χ4v) is 4.92. The number of rotatable bonds is 7. The Morgan fingerprint density at radius 2 is 1.88 bits per heavy atom. The molecule has 0 spiro atoms. The van der Waals surface area contributed by atoms with Crippen LogP contribution in [0, 0.1) is 0 Å². The second-order valence-electron chi connectivity index (χ2n) is 8.33. The molecule has 1 aliphatic heterocycles. The summed E-state index contributed by atoms with van der Waals surface area (Å²) in [7, 11) is 0. The largest absolute Gasteiger partial charge is 0.360 e. The number of nitrogens with zero attached hydrogens (tertiary/aromatic N) is 3. The van der Waals surface area contributed by atoms with Gasteiger partial charge in [0.2, 0.25) is 5.95 Å². The van der Waals surface area contributed by atoms with Crippen molar-refractivity contribution < 1.29 is 9.59 Å². The Labute approximate surface area is 201 Å². The molecule has 1 saturated carbocycles. The highest BCUT2D eigenvalue weighted by Crippen LogP contribution is 2.26. The van der Waals surface area contributed by atoms with Crippen LogP contribution in [0.4, 0.5) is 10.7 Å². The van der Waals surface area contributed by atoms with Gasteiger partial charge < -0.3 is 15.6 Å². The number of H-pyrrole nitrogens is 1. The van der Waals surface area contributed by atoms with Gasteiger partial charge in [0.15, 0.2) is 0 Å². The third-order valence-electron chi connectivity index (χ3n) is 5.98. The predicted molar refractivity (Wildman–Crippen MR) is 132 cm³/mol. The van der Waals surface area contributed by atoms with Crippen molar-refractivity contribution in [2.45, 2.75) is 44.3 Å². The van der Waals surface area contributed by atoms with E-state index in [0.29, 0.717) is 28.6 Å². The van der Waals surface area contributed by atoms with E-state index < -0.39 is 0 Å². The Hall–Kier alpha value is -3.50. The number of imide groups is 1. The zero-order chi connectivity index (χ0) is 23.3. The van der Waals surface area contributed by atoms with E-state index in [-0.39, 0.29) is 11.1 Å². The average molecular weight is 476 g/mol. The van der Waals surface area contributed by atoms with E-state index in [4.69, 9.17) is 0 Å². The molecule has 34 heavy (non-hydrogen) atoms. The van der Waals surface area contributed by atoms with Crippen LogP contribution in [0.25, 0.3) is 17.5 Å². The molecule has 0 bridgehead atoms. The average Bonchev–Trinajstić information content (AvgIpc) is 3.49. The van der Waals surface area contributed by atoms with E-state index in [1.807, 2.05) is 30.6 Å². The Balaban J connectivity index is 1.13. The van der Waals surface area contributed by atoms with Crippen molar-refractivity contribution in [3.63, 3.8) is 0 Å². The van der Waals surface area contributed by atoms with Crippen molar-refractivity contribution in [1.82, 2.24) is 30.6 Å². The van der Waals surface area contributed by atoms with Crippen molar-refractivity contribution in [2.75, 3.05) is 5.32 Å². The summed E-state index contributed by atoms with van der Waals surface area (Å²) >= 11 is 0.881. The van der Waals surface area contributed by atoms with E-state index >= 15 is 0 Å². The van der Waals surface area contributed by atoms with Gasteiger partial charge >= 0.3 is 0 Å². The van der Waals surface area contributed by atoms with Gasteiger partial charge in [-0.2, -0.15) is 0 Å². The Kier molecular flexibility index (Phi) is 6.68. The summed E-state index contributed by atoms with van der Waals surface area (Å²) in [6, 6.07) is 10.6. The van der Waals surface area contributed by atoms with E-state index in [2.05, 4.69) is 42.0 Å². The molecule has 174 valence electrons. The van der Waals surface area contributed by atoms with Gasteiger partial charge in [-0.15, -0.1) is 0 Å². The molecular weight excluding hydrogens is 450 g/mol. The first kappa shape index (κ1) is 22.3. The molecule has 0 aromatic carbocycles. The monoisotopic (exact) mass is 475 g/mol. The fourth-order valence-electron chi connectivity index (χ4n) is 4.26. The van der Waals surface area contributed by atoms with E-state index in [9.17, 15) is 9.59 Å². The Bertz CT molecular complexity index is 1200. The van der Waals surface area contributed by atoms with Gasteiger partial charge in [0.1, 0.15) is 0 Å². The molecule has 5 rings (SSSR count). The number of aromatic nitrogens is 4. The molecule has 2 fully saturated rings. The molecule has 3 aromatic rings. The number of nitrogens with one attached hydrogen (secondary N) is 4. The number of carbonyl (C=O) groups is 2. The van der Waals surface area contributed by atoms with Crippen molar-refractivity contribution in [3.8, 4) is 11.4 Å². The van der Waals surface area contributed by atoms with Crippen LogP contribution in [0.3, 0.4) is 0 Å². The Morgan fingerprint density at radius 1 is 1.03 bits per heavy atom. The molecule has 0 atom stereocenters. The van der Waals surface area contributed by atoms with Crippen LogP contribution in [-0.2, 0) is 11.3 Å². The first-order chi connectivity index (χ1) is 16.6. The van der Waals surface area contributed by atoms with Crippen LogP contribution >= 0.6 is 11.8 Å². The highest BCUT2D eigenvalue weighted by molar-refractivity contribution is 8.18. The molecule has 4 heterocycles. The second-order valence-corrected chi connectivity index (χ2v) is 9.34. The van der Waals surface area contributed by atoms with Crippen LogP contribution in [0.1, 0.15) is 36.9 Å². The van der Waals surface area contributed by atoms with Crippen LogP contribution in [0.2, 0.25) is 0 Å². The number of hydrogen-bond donors (Lipinski definition) is 4. The summed E-state index contributed by atoms with van der Waals surface area (Å²) in [6.45, 7) is 0.777. The predicted octanol–water partition coefficient (Wildman–Crippen LogP) is 3.70. The second kappa shape index (κ2) is 10.2. The number of aromatic amines is 1. The summed E-state index contributed by atoms with van der Waals surface area (Å²) in [6.07, 6.45) is 11.1. The number of hydrogen-bond acceptors (Lipinski definition) is 8. The van der Waals surface area contributed by atoms with Gasteiger partial charge in [-0.05, 0) is 73.4 Å². The van der Waals surface area contributed by atoms with Gasteiger partial charge in [-0.3, -0.25) is 19.9 Å². The highest BCUT2D eigenvalue weighted by Gasteiger charge is 2.25. The lowest BCUT2D eigenvalue weighted by Gasteiger charge is -2.30. The van der Waals surface area contributed by atoms with Crippen LogP contribution < -0.4 is 16.0 Å². The molecule has 0 unspecified atom stereocenters. The minimum atomic E-state index is -0.389. The van der Waals surface area contributed by atoms with Crippen molar-refractivity contribution >= 4 is 34.9 Å². The first-order valence-corrected chi connectivity index (χ1v) is 12.1. The molecule has 4 N–H and O–H groups in total. The Morgan fingerprint density at radius 3 is 2.65 bits per heavy atom. The first-order valence-electron chi connectivity index (χ1n) is 11.3. The maximum Gasteiger partial charge on any atom is 0.290 e. The fraction of sp³-hybridized carbons (Fsp3) is 0.292. The smallest absolute Gasteiger partial charge is 0.290 e. The highest BCUT2D eigenvalue weighted by atomic mass is 32.2. The summed E-state index contributed by atoms with van der Waals surface area (Å²) in [5.74, 6) is 0.145. The summed E-state index contributed by atoms with van der Waals surface area (Å²) in [5.41, 5.74) is 3.79. The summed E-state index contributed by atoms with van der Waals surface area (Å²) in [5, 5.41) is 9.00. The quantitative estimate of drug-likeness (QED) is 0.381. The van der Waals surface area contributed by atoms with Crippen LogP contribution in [0.5, 0.6) is 0 Å². The normalized spacial score (nSPS) is 21.6. The van der Waals surface area contributed by atoms with Gasteiger partial charge in [0, 0.05) is 37.2 Å². The van der Waals surface area contributed by atoms with Gasteiger partial charge in [0.05, 0.1) is 22.0 Å². The van der Waals surface area contributed by atoms with Crippen molar-refractivity contribution in [1.29, 1.82) is 0 Å². The SMILES string of the molecule is O=C1NC(=O)/C(=C\c2ccnc(NC3CCC(NCc4cccnc4-c4ccc[nH]4)CC3)n2)S1. The molecule has 1 saturated heterocycles. The number of pyridine rings is 1. The van der Waals surface area contributed by atoms with Gasteiger partial charge in [-0.25, -0.2) is 9.97 Å². The zero-order valence-electron chi connectivity index (χ0n) is 18.5. The molecule has 2 amide bonds. The number of thioether (sulfide) groups is 1. The maximum absolute atomic E-state index is 11.8. The third kappa shape index (κ3) is 5.35. The standard InChI is InChI=1S/C24H25N7O2S/c32-22-20(34-24(33)31-22)13-18-9-12-27-23(30-18)29-17-7-5-16(6-8-17)28-14-15-3-1-11-26-21(15)19-4-2-10-25-19/h1-4,9-13,16-17,25,28H,5-8,14H2,(H,27,29,30)(H,31,32,33)/b20-13+. The molecule has 3 aromatic heterocycles. The van der Waals surface area contributed by atoms with Crippen molar-refractivity contribution in [3.05, 3.63) is 65.1 Å². The molecule has 9 nitrogen and oxygen atoms in total. The van der Waals surface area contributed by atoms with E-state index in [1.54, 1.807) is 18.3 Å². The number of carbonyl (C=O) groups excluding carboxylic acids is 2. The maximum atomic E-state index is 11.8. The lowest BCUT2D eigenvalue weighted by molar-refractivity contribution is -0.115. The van der Waals surface area contributed by atoms with E-state index in [1.165, 1.54) is 5.56 Å².